The molecule has 0 amide bonds. The average Bonchev–Trinajstić information content (AvgIpc) is 2.26. The Balaban J connectivity index is 2.61. The van der Waals surface area contributed by atoms with Gasteiger partial charge in [-0.3, -0.25) is 9.78 Å². The minimum Gasteiger partial charge on any atom is -0.292 e. The number of hydrogen-bond donors (Lipinski definition) is 0. The van der Waals surface area contributed by atoms with E-state index in [2.05, 4.69) is 4.98 Å². The quantitative estimate of drug-likeness (QED) is 0.705. The first-order chi connectivity index (χ1) is 8.29. The second kappa shape index (κ2) is 4.52. The van der Waals surface area contributed by atoms with Crippen LogP contribution in [0, 0.1) is 5.41 Å². The number of halogens is 2. The molecule has 18 heavy (non-hydrogen) atoms. The molecule has 0 saturated carbocycles. The smallest absolute Gasteiger partial charge is 0.186 e. The van der Waals surface area contributed by atoms with Gasteiger partial charge in [-0.25, -0.2) is 0 Å². The van der Waals surface area contributed by atoms with Crippen LogP contribution in [-0.2, 0) is 0 Å². The summed E-state index contributed by atoms with van der Waals surface area (Å²) >= 11 is 12.0. The van der Waals surface area contributed by atoms with Crippen LogP contribution in [0.3, 0.4) is 0 Å². The van der Waals surface area contributed by atoms with E-state index in [4.69, 9.17) is 23.2 Å². The van der Waals surface area contributed by atoms with Crippen LogP contribution < -0.4 is 0 Å². The van der Waals surface area contributed by atoms with Gasteiger partial charge in [0.05, 0.1) is 5.02 Å². The maximum absolute atomic E-state index is 12.2. The van der Waals surface area contributed by atoms with Gasteiger partial charge in [-0.1, -0.05) is 44.0 Å². The number of hydrogen-bond acceptors (Lipinski definition) is 2. The summed E-state index contributed by atoms with van der Waals surface area (Å²) in [5.41, 5.74) is -0.0289. The number of Topliss-reactive ketones (excluding diaryl/α,β-unsaturated/α-hetero) is 1. The van der Waals surface area contributed by atoms with Crippen molar-refractivity contribution in [2.24, 2.45) is 5.41 Å². The molecule has 1 aromatic heterocycles. The molecule has 0 radical (unpaired) electrons. The SMILES string of the molecule is CC(C)(C)C(=O)c1cc2c(Cl)cc(Cl)cc2cn1. The Morgan fingerprint density at radius 1 is 1.17 bits per heavy atom. The van der Waals surface area contributed by atoms with Gasteiger partial charge in [0.2, 0.25) is 0 Å². The lowest BCUT2D eigenvalue weighted by atomic mass is 9.88. The summed E-state index contributed by atoms with van der Waals surface area (Å²) in [5.74, 6) is -0.00424. The number of nitrogens with zero attached hydrogens (tertiary/aromatic N) is 1. The second-order valence-electron chi connectivity index (χ2n) is 5.26. The highest BCUT2D eigenvalue weighted by Gasteiger charge is 2.24. The van der Waals surface area contributed by atoms with E-state index >= 15 is 0 Å². The van der Waals surface area contributed by atoms with E-state index in [0.29, 0.717) is 15.7 Å². The minimum absolute atomic E-state index is 0.00424. The van der Waals surface area contributed by atoms with Gasteiger partial charge in [-0.15, -0.1) is 0 Å². The molecule has 0 spiro atoms. The number of aromatic nitrogens is 1. The molecule has 94 valence electrons. The molecule has 0 saturated heterocycles. The molecule has 0 aliphatic rings. The largest absolute Gasteiger partial charge is 0.292 e. The molecule has 0 bridgehead atoms. The monoisotopic (exact) mass is 281 g/mol. The van der Waals surface area contributed by atoms with Gasteiger partial charge >= 0.3 is 0 Å². The van der Waals surface area contributed by atoms with Crippen LogP contribution in [-0.4, -0.2) is 10.8 Å². The van der Waals surface area contributed by atoms with Crippen LogP contribution in [0.2, 0.25) is 10.0 Å². The normalized spacial score (nSPS) is 11.8. The molecule has 2 aromatic rings. The van der Waals surface area contributed by atoms with Crippen molar-refractivity contribution >= 4 is 39.8 Å². The molecule has 1 aromatic carbocycles. The van der Waals surface area contributed by atoms with Crippen molar-refractivity contribution in [3.8, 4) is 0 Å². The summed E-state index contributed by atoms with van der Waals surface area (Å²) in [5, 5.41) is 2.72. The van der Waals surface area contributed by atoms with Crippen molar-refractivity contribution in [2.75, 3.05) is 0 Å². The number of carbonyl (C=O) groups is 1. The van der Waals surface area contributed by atoms with Crippen LogP contribution in [0.5, 0.6) is 0 Å². The average molecular weight is 282 g/mol. The van der Waals surface area contributed by atoms with Gasteiger partial charge in [0.15, 0.2) is 5.78 Å². The summed E-state index contributed by atoms with van der Waals surface area (Å²) in [6.07, 6.45) is 1.63. The third kappa shape index (κ3) is 2.50. The van der Waals surface area contributed by atoms with E-state index in [1.165, 1.54) is 0 Å². The maximum atomic E-state index is 12.2. The minimum atomic E-state index is -0.459. The van der Waals surface area contributed by atoms with E-state index in [9.17, 15) is 4.79 Å². The number of fused-ring (bicyclic) bond motifs is 1. The fraction of sp³-hybridized carbons (Fsp3) is 0.286. The van der Waals surface area contributed by atoms with Crippen molar-refractivity contribution < 1.29 is 4.79 Å². The Morgan fingerprint density at radius 2 is 1.83 bits per heavy atom. The van der Waals surface area contributed by atoms with Gasteiger partial charge in [0, 0.05) is 27.4 Å². The lowest BCUT2D eigenvalue weighted by Gasteiger charge is -2.16. The van der Waals surface area contributed by atoms with Gasteiger partial charge in [-0.2, -0.15) is 0 Å². The van der Waals surface area contributed by atoms with Crippen LogP contribution in [0.1, 0.15) is 31.3 Å². The van der Waals surface area contributed by atoms with Gasteiger partial charge in [0.25, 0.3) is 0 Å². The standard InChI is InChI=1S/C14H13Cl2NO/c1-14(2,3)13(18)12-6-10-8(7-17-12)4-9(15)5-11(10)16/h4-7H,1-3H3. The van der Waals surface area contributed by atoms with E-state index in [0.717, 1.165) is 10.8 Å². The van der Waals surface area contributed by atoms with Crippen LogP contribution in [0.15, 0.2) is 24.4 Å². The molecular formula is C14H13Cl2NO. The molecular weight excluding hydrogens is 269 g/mol. The number of carbonyl (C=O) groups excluding carboxylic acids is 1. The van der Waals surface area contributed by atoms with E-state index < -0.39 is 5.41 Å². The molecule has 2 nitrogen and oxygen atoms in total. The van der Waals surface area contributed by atoms with E-state index in [1.54, 1.807) is 24.4 Å². The molecule has 1 heterocycles. The van der Waals surface area contributed by atoms with Gasteiger partial charge in [0.1, 0.15) is 5.69 Å². The fourth-order valence-corrected chi connectivity index (χ4v) is 2.25. The number of benzene rings is 1. The first-order valence-corrected chi connectivity index (χ1v) is 6.34. The highest BCUT2D eigenvalue weighted by Crippen LogP contribution is 2.29. The Hall–Kier alpha value is -1.12. The van der Waals surface area contributed by atoms with Gasteiger partial charge in [-0.05, 0) is 18.2 Å². The molecule has 0 fully saturated rings. The van der Waals surface area contributed by atoms with Gasteiger partial charge < -0.3 is 0 Å². The second-order valence-corrected chi connectivity index (χ2v) is 6.10. The molecule has 2 rings (SSSR count). The van der Waals surface area contributed by atoms with Crippen molar-refractivity contribution in [1.82, 2.24) is 4.98 Å². The van der Waals surface area contributed by atoms with Crippen molar-refractivity contribution in [1.29, 1.82) is 0 Å². The Bertz CT molecular complexity index is 629. The Morgan fingerprint density at radius 3 is 2.44 bits per heavy atom. The first-order valence-electron chi connectivity index (χ1n) is 5.58. The lowest BCUT2D eigenvalue weighted by Crippen LogP contribution is -2.21. The number of pyridine rings is 1. The summed E-state index contributed by atoms with van der Waals surface area (Å²) in [4.78, 5) is 16.3. The van der Waals surface area contributed by atoms with E-state index in [-0.39, 0.29) is 5.78 Å². The third-order valence-electron chi connectivity index (χ3n) is 2.66. The number of rotatable bonds is 1. The van der Waals surface area contributed by atoms with Crippen molar-refractivity contribution in [3.05, 3.63) is 40.1 Å². The fourth-order valence-electron chi connectivity index (χ4n) is 1.69. The summed E-state index contributed by atoms with van der Waals surface area (Å²) in [6, 6.07) is 5.17. The molecule has 0 atom stereocenters. The zero-order valence-electron chi connectivity index (χ0n) is 10.4. The first kappa shape index (κ1) is 13.3. The summed E-state index contributed by atoms with van der Waals surface area (Å²) in [6.45, 7) is 5.60. The molecule has 4 heteroatoms. The Kier molecular flexibility index (Phi) is 3.35. The third-order valence-corrected chi connectivity index (χ3v) is 3.19. The van der Waals surface area contributed by atoms with Crippen molar-refractivity contribution in [3.63, 3.8) is 0 Å². The molecule has 0 unspecified atom stereocenters. The topological polar surface area (TPSA) is 30.0 Å². The van der Waals surface area contributed by atoms with E-state index in [1.807, 2.05) is 20.8 Å². The van der Waals surface area contributed by atoms with Crippen LogP contribution >= 0.6 is 23.2 Å². The summed E-state index contributed by atoms with van der Waals surface area (Å²) < 4.78 is 0. The Labute approximate surface area is 116 Å². The molecule has 0 N–H and O–H groups in total. The van der Waals surface area contributed by atoms with Crippen LogP contribution in [0.25, 0.3) is 10.8 Å². The zero-order valence-corrected chi connectivity index (χ0v) is 11.9. The molecule has 0 aliphatic heterocycles. The maximum Gasteiger partial charge on any atom is 0.186 e. The lowest BCUT2D eigenvalue weighted by molar-refractivity contribution is 0.0853. The van der Waals surface area contributed by atoms with Crippen molar-refractivity contribution in [2.45, 2.75) is 20.8 Å². The summed E-state index contributed by atoms with van der Waals surface area (Å²) in [7, 11) is 0. The zero-order chi connectivity index (χ0) is 13.5. The highest BCUT2D eigenvalue weighted by molar-refractivity contribution is 6.38. The molecule has 0 aliphatic carbocycles. The van der Waals surface area contributed by atoms with Crippen LogP contribution in [0.4, 0.5) is 0 Å². The predicted molar refractivity (Wildman–Crippen MR) is 75.5 cm³/mol. The number of ketones is 1. The predicted octanol–water partition coefficient (Wildman–Crippen LogP) is 4.77. The highest BCUT2D eigenvalue weighted by atomic mass is 35.5.